The predicted octanol–water partition coefficient (Wildman–Crippen LogP) is 18.7. The minimum Gasteiger partial charge on any atom is -0.456 e. The van der Waals surface area contributed by atoms with E-state index in [-0.39, 0.29) is 28.5 Å². The average Bonchev–Trinajstić information content (AvgIpc) is 3.86. The van der Waals surface area contributed by atoms with Crippen molar-refractivity contribution < 1.29 is 4.42 Å². The minimum atomic E-state index is -0.372. The number of hydrogen-bond acceptors (Lipinski definition) is 3. The number of furan rings is 1. The number of rotatable bonds is 5. The van der Waals surface area contributed by atoms with E-state index >= 15 is 0 Å². The maximum absolute atomic E-state index is 7.22. The summed E-state index contributed by atoms with van der Waals surface area (Å²) in [6.07, 6.45) is 0. The predicted molar refractivity (Wildman–Crippen MR) is 337 cm³/mol. The van der Waals surface area contributed by atoms with Crippen molar-refractivity contribution >= 4 is 84.7 Å². The summed E-state index contributed by atoms with van der Waals surface area (Å²) in [6, 6.07) is 80.0. The lowest BCUT2D eigenvalue weighted by Gasteiger charge is -2.47. The fourth-order valence-corrected chi connectivity index (χ4v) is 15.3. The molecule has 5 heteroatoms. The maximum atomic E-state index is 7.22. The van der Waals surface area contributed by atoms with Crippen LogP contribution in [0.25, 0.3) is 66.2 Å². The zero-order valence-electron chi connectivity index (χ0n) is 47.0. The summed E-state index contributed by atoms with van der Waals surface area (Å²) < 4.78 is 10.1. The van der Waals surface area contributed by atoms with Crippen LogP contribution < -0.4 is 20.7 Å². The van der Waals surface area contributed by atoms with Crippen LogP contribution in [0.2, 0.25) is 0 Å². The van der Waals surface area contributed by atoms with Crippen molar-refractivity contribution in [1.82, 2.24) is 4.48 Å². The monoisotopic (exact) mass is 1030 g/mol. The number of para-hydroxylation sites is 3. The molecule has 0 fully saturated rings. The molecular formula is C75H62BN3O. The number of fused-ring (bicyclic) bond motifs is 15. The highest BCUT2D eigenvalue weighted by Gasteiger charge is 2.52. The number of aromatic nitrogens is 1. The van der Waals surface area contributed by atoms with Gasteiger partial charge in [0.2, 0.25) is 0 Å². The van der Waals surface area contributed by atoms with Crippen molar-refractivity contribution in [2.75, 3.05) is 9.80 Å². The molecule has 0 N–H and O–H groups in total. The summed E-state index contributed by atoms with van der Waals surface area (Å²) in [4.78, 5) is 5.15. The van der Waals surface area contributed by atoms with Crippen LogP contribution in [-0.2, 0) is 21.7 Å². The summed E-state index contributed by atoms with van der Waals surface area (Å²) >= 11 is 0. The smallest absolute Gasteiger partial charge is 0.332 e. The first-order valence-electron chi connectivity index (χ1n) is 28.6. The Morgan fingerprint density at radius 2 is 1.05 bits per heavy atom. The normalized spacial score (nSPS) is 15.6. The SMILES string of the molecule is CC(C)(C)c1ccc(N2c3cc4c(cc3B3c5c2cc2oc6ccccc6c2c5-c2ccc(N(c5ccccc5)c5ccccc5)c5c6c(n3c25)C(C)(C)c2ccccc2-6)C(C)(C)c2ccccc2C4(C)C)c(-c2ccccc2)c1. The number of anilines is 6. The third-order valence-electron chi connectivity index (χ3n) is 19.1. The molecule has 386 valence electrons. The molecule has 0 radical (unpaired) electrons. The Balaban J connectivity index is 1.13. The number of nitrogens with zero attached hydrogens (tertiary/aromatic N) is 3. The zero-order valence-corrected chi connectivity index (χ0v) is 47.0. The molecule has 0 unspecified atom stereocenters. The lowest BCUT2D eigenvalue weighted by Crippen LogP contribution is -2.58. The largest absolute Gasteiger partial charge is 0.456 e. The summed E-state index contributed by atoms with van der Waals surface area (Å²) in [5.41, 5.74) is 28.5. The molecule has 0 spiro atoms. The van der Waals surface area contributed by atoms with Gasteiger partial charge in [-0.2, -0.15) is 0 Å². The van der Waals surface area contributed by atoms with Crippen molar-refractivity contribution in [3.05, 3.63) is 251 Å². The Labute approximate surface area is 469 Å². The molecule has 0 amide bonds. The van der Waals surface area contributed by atoms with Crippen molar-refractivity contribution in [1.29, 1.82) is 0 Å². The summed E-state index contributed by atoms with van der Waals surface area (Å²) in [7, 11) is 0. The Hall–Kier alpha value is -8.80. The fraction of sp³-hybridized carbons (Fsp3) is 0.173. The second kappa shape index (κ2) is 16.2. The van der Waals surface area contributed by atoms with Crippen LogP contribution in [0.1, 0.15) is 101 Å². The van der Waals surface area contributed by atoms with Gasteiger partial charge in [-0.25, -0.2) is 0 Å². The van der Waals surface area contributed by atoms with Gasteiger partial charge < -0.3 is 18.7 Å². The first-order valence-corrected chi connectivity index (χ1v) is 28.6. The van der Waals surface area contributed by atoms with Crippen LogP contribution in [0.4, 0.5) is 34.1 Å². The second-order valence-electron chi connectivity index (χ2n) is 25.6. The average molecular weight is 1030 g/mol. The van der Waals surface area contributed by atoms with Gasteiger partial charge in [0, 0.05) is 89.1 Å². The van der Waals surface area contributed by atoms with E-state index in [1.807, 2.05) is 0 Å². The molecule has 80 heavy (non-hydrogen) atoms. The number of benzene rings is 10. The van der Waals surface area contributed by atoms with Gasteiger partial charge in [-0.05, 0) is 121 Å². The molecule has 12 aromatic rings. The van der Waals surface area contributed by atoms with Crippen LogP contribution >= 0.6 is 0 Å². The summed E-state index contributed by atoms with van der Waals surface area (Å²) in [6.45, 7) is 21.5. The lowest BCUT2D eigenvalue weighted by atomic mass is 9.43. The third kappa shape index (κ3) is 6.18. The molecule has 2 aliphatic carbocycles. The van der Waals surface area contributed by atoms with Gasteiger partial charge in [-0.3, -0.25) is 0 Å². The summed E-state index contributed by atoms with van der Waals surface area (Å²) in [5.74, 6) is 0. The molecule has 16 rings (SSSR count). The van der Waals surface area contributed by atoms with Crippen LogP contribution in [0.3, 0.4) is 0 Å². The minimum absolute atomic E-state index is 0.0783. The van der Waals surface area contributed by atoms with Gasteiger partial charge in [-0.1, -0.05) is 214 Å². The van der Waals surface area contributed by atoms with Crippen molar-refractivity contribution in [3.63, 3.8) is 0 Å². The quantitative estimate of drug-likeness (QED) is 0.161. The lowest BCUT2D eigenvalue weighted by molar-refractivity contribution is 0.521. The fourth-order valence-electron chi connectivity index (χ4n) is 15.3. The van der Waals surface area contributed by atoms with Gasteiger partial charge in [0.25, 0.3) is 0 Å². The Kier molecular flexibility index (Phi) is 9.54. The first-order chi connectivity index (χ1) is 38.6. The highest BCUT2D eigenvalue weighted by molar-refractivity contribution is 6.90. The molecule has 4 nitrogen and oxygen atoms in total. The van der Waals surface area contributed by atoms with Gasteiger partial charge in [0.1, 0.15) is 11.2 Å². The van der Waals surface area contributed by atoms with Crippen molar-refractivity contribution in [2.45, 2.75) is 84.0 Å². The van der Waals surface area contributed by atoms with Gasteiger partial charge >= 0.3 is 6.85 Å². The molecule has 4 heterocycles. The standard InChI is InChI=1S/C75H62BN3O/c1-72(2,3)46-37-39-59(52(41-46)45-25-13-10-14-26-45)78-61-43-57-56(73(4,5)54-34-22-23-35-55(54)74(57,6)7)42-58(61)76-69-62(78)44-64-65(50-32-20-24-36-63(50)80-64)66(69)51-38-40-60(77(47-27-15-11-16-28-47)48-29-17-12-18-30-48)68-67-49-31-19-21-33-53(49)75(8,9)71(67)79(76)70(51)68/h10-44H,1-9H3. The van der Waals surface area contributed by atoms with E-state index in [0.29, 0.717) is 0 Å². The molecule has 4 aliphatic rings. The first kappa shape index (κ1) is 47.2. The molecule has 0 saturated heterocycles. The Bertz CT molecular complexity index is 4570. The third-order valence-corrected chi connectivity index (χ3v) is 19.1. The van der Waals surface area contributed by atoms with Crippen LogP contribution in [0.15, 0.2) is 217 Å². The zero-order chi connectivity index (χ0) is 54.4. The Morgan fingerprint density at radius 3 is 1.73 bits per heavy atom. The maximum Gasteiger partial charge on any atom is 0.332 e. The van der Waals surface area contributed by atoms with Crippen LogP contribution in [0.5, 0.6) is 0 Å². The summed E-state index contributed by atoms with van der Waals surface area (Å²) in [5, 5.41) is 3.56. The van der Waals surface area contributed by atoms with E-state index in [0.717, 1.165) is 50.4 Å². The molecule has 0 atom stereocenters. The van der Waals surface area contributed by atoms with E-state index in [1.165, 1.54) is 100.0 Å². The highest BCUT2D eigenvalue weighted by atomic mass is 16.3. The molecule has 2 aliphatic heterocycles. The molecular weight excluding hydrogens is 970 g/mol. The second-order valence-corrected chi connectivity index (χ2v) is 25.6. The number of hydrogen-bond donors (Lipinski definition) is 0. The molecule has 2 aromatic heterocycles. The van der Waals surface area contributed by atoms with E-state index in [2.05, 4.69) is 289 Å². The van der Waals surface area contributed by atoms with E-state index < -0.39 is 0 Å². The van der Waals surface area contributed by atoms with Crippen molar-refractivity contribution in [2.24, 2.45) is 0 Å². The van der Waals surface area contributed by atoms with E-state index in [9.17, 15) is 0 Å². The van der Waals surface area contributed by atoms with Crippen LogP contribution in [0, 0.1) is 0 Å². The highest BCUT2D eigenvalue weighted by Crippen LogP contribution is 2.61. The van der Waals surface area contributed by atoms with Crippen LogP contribution in [-0.4, -0.2) is 11.3 Å². The Morgan fingerprint density at radius 1 is 0.450 bits per heavy atom. The topological polar surface area (TPSA) is 24.6 Å². The van der Waals surface area contributed by atoms with Gasteiger partial charge in [0.15, 0.2) is 0 Å². The van der Waals surface area contributed by atoms with E-state index in [1.54, 1.807) is 0 Å². The van der Waals surface area contributed by atoms with Crippen molar-refractivity contribution in [3.8, 4) is 33.4 Å². The van der Waals surface area contributed by atoms with Gasteiger partial charge in [0.05, 0.1) is 11.4 Å². The van der Waals surface area contributed by atoms with E-state index in [4.69, 9.17) is 4.42 Å². The molecule has 0 bridgehead atoms. The molecule has 10 aromatic carbocycles. The van der Waals surface area contributed by atoms with Gasteiger partial charge in [-0.15, -0.1) is 0 Å². The molecule has 0 saturated carbocycles.